The highest BCUT2D eigenvalue weighted by molar-refractivity contribution is 5.76. The lowest BCUT2D eigenvalue weighted by Gasteiger charge is -2.24. The van der Waals surface area contributed by atoms with Crippen molar-refractivity contribution in [1.82, 2.24) is 5.32 Å². The van der Waals surface area contributed by atoms with E-state index in [0.29, 0.717) is 13.0 Å². The molecule has 118 valence electrons. The van der Waals surface area contributed by atoms with Crippen LogP contribution in [0.15, 0.2) is 24.3 Å². The van der Waals surface area contributed by atoms with Gasteiger partial charge in [0.2, 0.25) is 5.91 Å². The smallest absolute Gasteiger partial charge is 0.220 e. The highest BCUT2D eigenvalue weighted by Gasteiger charge is 2.19. The molecular formula is C17H28N2O2. The summed E-state index contributed by atoms with van der Waals surface area (Å²) in [7, 11) is 1.64. The average molecular weight is 292 g/mol. The highest BCUT2D eigenvalue weighted by Crippen LogP contribution is 2.27. The molecule has 0 saturated carbocycles. The summed E-state index contributed by atoms with van der Waals surface area (Å²) in [4.78, 5) is 12.1. The number of carbonyl (C=O) groups excluding carboxylic acids is 1. The number of methoxy groups -OCH3 is 1. The Bertz CT molecular complexity index is 458. The fraction of sp³-hybridized carbons (Fsp3) is 0.588. The zero-order valence-corrected chi connectivity index (χ0v) is 13.6. The van der Waals surface area contributed by atoms with Gasteiger partial charge >= 0.3 is 0 Å². The van der Waals surface area contributed by atoms with Crippen LogP contribution in [0.3, 0.4) is 0 Å². The van der Waals surface area contributed by atoms with Crippen LogP contribution in [0.25, 0.3) is 0 Å². The quantitative estimate of drug-likeness (QED) is 0.774. The summed E-state index contributed by atoms with van der Waals surface area (Å²) in [5, 5.41) is 3.04. The fourth-order valence-electron chi connectivity index (χ4n) is 2.38. The highest BCUT2D eigenvalue weighted by atomic mass is 16.5. The van der Waals surface area contributed by atoms with Crippen LogP contribution in [0.1, 0.15) is 51.6 Å². The number of hydrogen-bond donors (Lipinski definition) is 2. The molecule has 0 aliphatic rings. The Morgan fingerprint density at radius 1 is 1.33 bits per heavy atom. The van der Waals surface area contributed by atoms with E-state index in [0.717, 1.165) is 24.2 Å². The second-order valence-corrected chi connectivity index (χ2v) is 6.23. The Morgan fingerprint density at radius 3 is 2.62 bits per heavy atom. The van der Waals surface area contributed by atoms with Crippen LogP contribution in [0.5, 0.6) is 5.75 Å². The molecule has 0 heterocycles. The Morgan fingerprint density at radius 2 is 2.00 bits per heavy atom. The van der Waals surface area contributed by atoms with Crippen molar-refractivity contribution < 1.29 is 9.53 Å². The van der Waals surface area contributed by atoms with E-state index >= 15 is 0 Å². The van der Waals surface area contributed by atoms with Crippen molar-refractivity contribution in [2.24, 2.45) is 11.1 Å². The van der Waals surface area contributed by atoms with Crippen molar-refractivity contribution in [1.29, 1.82) is 0 Å². The predicted octanol–water partition coefficient (Wildman–Crippen LogP) is 3.03. The van der Waals surface area contributed by atoms with Crippen LogP contribution in [0.2, 0.25) is 0 Å². The van der Waals surface area contributed by atoms with E-state index in [1.165, 1.54) is 0 Å². The van der Waals surface area contributed by atoms with Crippen molar-refractivity contribution in [3.63, 3.8) is 0 Å². The van der Waals surface area contributed by atoms with Gasteiger partial charge in [-0.05, 0) is 37.8 Å². The van der Waals surface area contributed by atoms with Crippen molar-refractivity contribution >= 4 is 5.91 Å². The minimum absolute atomic E-state index is 0.0636. The van der Waals surface area contributed by atoms with E-state index in [4.69, 9.17) is 10.5 Å². The molecule has 1 aromatic carbocycles. The average Bonchev–Trinajstić information content (AvgIpc) is 2.45. The summed E-state index contributed by atoms with van der Waals surface area (Å²) in [6.07, 6.45) is 2.30. The van der Waals surface area contributed by atoms with Crippen molar-refractivity contribution in [2.45, 2.75) is 46.1 Å². The molecule has 0 aliphatic heterocycles. The van der Waals surface area contributed by atoms with Gasteiger partial charge in [-0.3, -0.25) is 4.79 Å². The molecule has 21 heavy (non-hydrogen) atoms. The molecule has 4 nitrogen and oxygen atoms in total. The number of amides is 1. The van der Waals surface area contributed by atoms with Crippen LogP contribution in [-0.4, -0.2) is 19.6 Å². The van der Waals surface area contributed by atoms with E-state index in [-0.39, 0.29) is 17.4 Å². The molecule has 1 aromatic rings. The lowest BCUT2D eigenvalue weighted by molar-refractivity contribution is -0.122. The van der Waals surface area contributed by atoms with Gasteiger partial charge in [-0.2, -0.15) is 0 Å². The second-order valence-electron chi connectivity index (χ2n) is 6.23. The molecule has 1 rings (SSSR count). The lowest BCUT2D eigenvalue weighted by atomic mass is 9.84. The van der Waals surface area contributed by atoms with Gasteiger partial charge in [-0.25, -0.2) is 0 Å². The molecule has 1 atom stereocenters. The van der Waals surface area contributed by atoms with E-state index < -0.39 is 0 Å². The minimum atomic E-state index is -0.0636. The van der Waals surface area contributed by atoms with Gasteiger partial charge in [0.1, 0.15) is 5.75 Å². The van der Waals surface area contributed by atoms with Gasteiger partial charge in [-0.1, -0.05) is 32.0 Å². The number of nitrogens with one attached hydrogen (secondary N) is 1. The maximum atomic E-state index is 12.1. The van der Waals surface area contributed by atoms with E-state index in [1.54, 1.807) is 7.11 Å². The zero-order valence-electron chi connectivity index (χ0n) is 13.6. The molecule has 0 spiro atoms. The van der Waals surface area contributed by atoms with Gasteiger partial charge in [0, 0.05) is 12.0 Å². The Balaban J connectivity index is 2.54. The maximum Gasteiger partial charge on any atom is 0.220 e. The SMILES string of the molecule is COc1ccccc1C(C)NC(=O)CCC(C)(C)CCN. The first-order chi connectivity index (χ1) is 9.89. The number of nitrogens with two attached hydrogens (primary N) is 1. The van der Waals surface area contributed by atoms with Crippen LogP contribution < -0.4 is 15.8 Å². The summed E-state index contributed by atoms with van der Waals surface area (Å²) in [6, 6.07) is 7.69. The summed E-state index contributed by atoms with van der Waals surface area (Å²) < 4.78 is 5.33. The van der Waals surface area contributed by atoms with Crippen molar-refractivity contribution in [2.75, 3.05) is 13.7 Å². The van der Waals surface area contributed by atoms with Gasteiger partial charge in [0.15, 0.2) is 0 Å². The molecule has 0 radical (unpaired) electrons. The molecule has 0 fully saturated rings. The summed E-state index contributed by atoms with van der Waals surface area (Å²) in [6.45, 7) is 6.93. The van der Waals surface area contributed by atoms with Gasteiger partial charge in [-0.15, -0.1) is 0 Å². The van der Waals surface area contributed by atoms with Gasteiger partial charge in [0.05, 0.1) is 13.2 Å². The first kappa shape index (κ1) is 17.5. The second kappa shape index (κ2) is 8.03. The number of benzene rings is 1. The zero-order chi connectivity index (χ0) is 15.9. The number of rotatable bonds is 8. The van der Waals surface area contributed by atoms with E-state index in [1.807, 2.05) is 31.2 Å². The van der Waals surface area contributed by atoms with Crippen LogP contribution in [0.4, 0.5) is 0 Å². The Labute approximate surface area is 128 Å². The fourth-order valence-corrected chi connectivity index (χ4v) is 2.38. The van der Waals surface area contributed by atoms with Crippen LogP contribution >= 0.6 is 0 Å². The number of carbonyl (C=O) groups is 1. The molecule has 1 unspecified atom stereocenters. The normalized spacial score (nSPS) is 12.8. The maximum absolute atomic E-state index is 12.1. The topological polar surface area (TPSA) is 64.3 Å². The summed E-state index contributed by atoms with van der Waals surface area (Å²) in [5.74, 6) is 0.868. The van der Waals surface area contributed by atoms with Crippen LogP contribution in [0, 0.1) is 5.41 Å². The Hall–Kier alpha value is -1.55. The molecular weight excluding hydrogens is 264 g/mol. The first-order valence-corrected chi connectivity index (χ1v) is 7.52. The number of para-hydroxylation sites is 1. The van der Waals surface area contributed by atoms with E-state index in [2.05, 4.69) is 19.2 Å². The minimum Gasteiger partial charge on any atom is -0.496 e. The summed E-state index contributed by atoms with van der Waals surface area (Å²) in [5.41, 5.74) is 6.70. The predicted molar refractivity (Wildman–Crippen MR) is 86.2 cm³/mol. The van der Waals surface area contributed by atoms with Crippen LogP contribution in [-0.2, 0) is 4.79 Å². The van der Waals surface area contributed by atoms with E-state index in [9.17, 15) is 4.79 Å². The largest absolute Gasteiger partial charge is 0.496 e. The third kappa shape index (κ3) is 5.76. The van der Waals surface area contributed by atoms with Crippen molar-refractivity contribution in [3.8, 4) is 5.75 Å². The molecule has 1 amide bonds. The monoisotopic (exact) mass is 292 g/mol. The standard InChI is InChI=1S/C17H28N2O2/c1-13(14-7-5-6-8-15(14)21-4)19-16(20)9-10-17(2,3)11-12-18/h5-8,13H,9-12,18H2,1-4H3,(H,19,20). The number of hydrogen-bond acceptors (Lipinski definition) is 3. The molecule has 4 heteroatoms. The molecule has 0 aromatic heterocycles. The lowest BCUT2D eigenvalue weighted by Crippen LogP contribution is -2.28. The summed E-state index contributed by atoms with van der Waals surface area (Å²) >= 11 is 0. The third-order valence-electron chi connectivity index (χ3n) is 3.83. The molecule has 0 bridgehead atoms. The van der Waals surface area contributed by atoms with Gasteiger partial charge in [0.25, 0.3) is 0 Å². The third-order valence-corrected chi connectivity index (χ3v) is 3.83. The number of ether oxygens (including phenoxy) is 1. The first-order valence-electron chi connectivity index (χ1n) is 7.52. The molecule has 0 aliphatic carbocycles. The Kier molecular flexibility index (Phi) is 6.69. The molecule has 3 N–H and O–H groups in total. The van der Waals surface area contributed by atoms with Gasteiger partial charge < -0.3 is 15.8 Å². The molecule has 0 saturated heterocycles. The van der Waals surface area contributed by atoms with Crippen molar-refractivity contribution in [3.05, 3.63) is 29.8 Å².